The fourth-order valence-electron chi connectivity index (χ4n) is 1.12. The van der Waals surface area contributed by atoms with Crippen LogP contribution in [0.25, 0.3) is 0 Å². The zero-order chi connectivity index (χ0) is 8.10. The van der Waals surface area contributed by atoms with Crippen molar-refractivity contribution in [2.45, 2.75) is 19.8 Å². The number of rotatable bonds is 3. The first-order valence-electron chi connectivity index (χ1n) is 3.93. The van der Waals surface area contributed by atoms with E-state index in [1.807, 2.05) is 18.2 Å². The summed E-state index contributed by atoms with van der Waals surface area (Å²) in [6, 6.07) is 7.94. The third kappa shape index (κ3) is 2.35. The third-order valence-electron chi connectivity index (χ3n) is 1.64. The van der Waals surface area contributed by atoms with Gasteiger partial charge in [-0.15, -0.1) is 0 Å². The van der Waals surface area contributed by atoms with Crippen molar-refractivity contribution < 1.29 is 5.11 Å². The van der Waals surface area contributed by atoms with Crippen molar-refractivity contribution in [2.24, 2.45) is 0 Å². The highest BCUT2D eigenvalue weighted by Gasteiger charge is 1.92. The molecule has 0 aliphatic heterocycles. The molecular formula is C10H13O. The average Bonchev–Trinajstić information content (AvgIpc) is 2.06. The lowest BCUT2D eigenvalue weighted by atomic mass is 10.1. The van der Waals surface area contributed by atoms with Gasteiger partial charge in [-0.05, 0) is 17.5 Å². The minimum Gasteiger partial charge on any atom is -0.385 e. The summed E-state index contributed by atoms with van der Waals surface area (Å²) in [5.74, 6) is 0. The number of hydrogen-bond donors (Lipinski definition) is 1. The van der Waals surface area contributed by atoms with Gasteiger partial charge in [0.2, 0.25) is 0 Å². The van der Waals surface area contributed by atoms with Crippen LogP contribution in [-0.4, -0.2) is 5.11 Å². The van der Waals surface area contributed by atoms with E-state index in [1.165, 1.54) is 5.56 Å². The van der Waals surface area contributed by atoms with Gasteiger partial charge >= 0.3 is 0 Å². The second-order valence-electron chi connectivity index (χ2n) is 2.62. The molecule has 11 heavy (non-hydrogen) atoms. The van der Waals surface area contributed by atoms with Crippen LogP contribution in [0.5, 0.6) is 0 Å². The fraction of sp³-hybridized carbons (Fsp3) is 0.300. The highest BCUT2D eigenvalue weighted by atomic mass is 16.3. The number of aliphatic hydroxyl groups is 1. The van der Waals surface area contributed by atoms with Gasteiger partial charge < -0.3 is 5.11 Å². The molecule has 0 unspecified atom stereocenters. The van der Waals surface area contributed by atoms with Crippen molar-refractivity contribution in [2.75, 3.05) is 0 Å². The molecule has 0 aliphatic carbocycles. The summed E-state index contributed by atoms with van der Waals surface area (Å²) in [7, 11) is 0. The molecule has 0 amide bonds. The number of benzene rings is 1. The first-order valence-corrected chi connectivity index (χ1v) is 3.93. The van der Waals surface area contributed by atoms with E-state index in [1.54, 1.807) is 0 Å². The maximum absolute atomic E-state index is 8.71. The van der Waals surface area contributed by atoms with Crippen LogP contribution in [0.2, 0.25) is 0 Å². The van der Waals surface area contributed by atoms with Crippen molar-refractivity contribution in [1.29, 1.82) is 0 Å². The first kappa shape index (κ1) is 8.28. The Morgan fingerprint density at radius 3 is 2.91 bits per heavy atom. The smallest absolute Gasteiger partial charge is 0.109 e. The zero-order valence-corrected chi connectivity index (χ0v) is 6.75. The topological polar surface area (TPSA) is 20.2 Å². The van der Waals surface area contributed by atoms with Crippen LogP contribution in [0.3, 0.4) is 0 Å². The predicted octanol–water partition coefficient (Wildman–Crippen LogP) is 2.52. The molecule has 0 aliphatic rings. The highest BCUT2D eigenvalue weighted by Crippen LogP contribution is 2.07. The van der Waals surface area contributed by atoms with Gasteiger partial charge in [-0.2, -0.15) is 0 Å². The van der Waals surface area contributed by atoms with Gasteiger partial charge in [0.25, 0.3) is 0 Å². The molecule has 0 bridgehead atoms. The fourth-order valence-corrected chi connectivity index (χ4v) is 1.12. The molecule has 0 spiro atoms. The molecule has 0 saturated carbocycles. The predicted molar refractivity (Wildman–Crippen MR) is 45.8 cm³/mol. The van der Waals surface area contributed by atoms with Crippen LogP contribution in [-0.2, 0) is 6.42 Å². The van der Waals surface area contributed by atoms with Gasteiger partial charge in [0.1, 0.15) is 6.61 Å². The van der Waals surface area contributed by atoms with Crippen molar-refractivity contribution in [1.82, 2.24) is 0 Å². The van der Waals surface area contributed by atoms with E-state index in [-0.39, 0.29) is 0 Å². The van der Waals surface area contributed by atoms with Gasteiger partial charge in [-0.25, -0.2) is 0 Å². The highest BCUT2D eigenvalue weighted by molar-refractivity contribution is 5.26. The van der Waals surface area contributed by atoms with E-state index in [0.717, 1.165) is 25.0 Å². The molecule has 0 heterocycles. The summed E-state index contributed by atoms with van der Waals surface area (Å²) in [5, 5.41) is 8.71. The van der Waals surface area contributed by atoms with E-state index in [4.69, 9.17) is 5.11 Å². The summed E-state index contributed by atoms with van der Waals surface area (Å²) in [5.41, 5.74) is 2.17. The van der Waals surface area contributed by atoms with Gasteiger partial charge in [0, 0.05) is 0 Å². The van der Waals surface area contributed by atoms with E-state index in [0.29, 0.717) is 0 Å². The second-order valence-corrected chi connectivity index (χ2v) is 2.62. The number of aliphatic hydroxyl groups excluding tert-OH is 1. The van der Waals surface area contributed by atoms with Gasteiger partial charge in [0.05, 0.1) is 0 Å². The minimum atomic E-state index is 0.885. The summed E-state index contributed by atoms with van der Waals surface area (Å²) in [6.45, 7) is 3.29. The van der Waals surface area contributed by atoms with Crippen LogP contribution in [0.15, 0.2) is 24.3 Å². The standard InChI is InChI=1S/C10H13O/c1-2-4-9-5-3-6-10(7-9)8-11/h3,5-8,11H,2,4H2,1H3. The Kier molecular flexibility index (Phi) is 3.12. The van der Waals surface area contributed by atoms with Gasteiger partial charge in [0.15, 0.2) is 0 Å². The molecule has 59 valence electrons. The molecule has 1 aromatic carbocycles. The second kappa shape index (κ2) is 4.14. The molecule has 0 aromatic heterocycles. The summed E-state index contributed by atoms with van der Waals surface area (Å²) in [6.07, 6.45) is 2.23. The van der Waals surface area contributed by atoms with E-state index in [9.17, 15) is 0 Å². The Morgan fingerprint density at radius 1 is 1.45 bits per heavy atom. The Hall–Kier alpha value is -0.820. The third-order valence-corrected chi connectivity index (χ3v) is 1.64. The molecule has 1 radical (unpaired) electrons. The summed E-state index contributed by atoms with van der Waals surface area (Å²) < 4.78 is 0. The first-order chi connectivity index (χ1) is 5.36. The normalized spacial score (nSPS) is 10.0. The molecule has 0 fully saturated rings. The molecule has 0 atom stereocenters. The van der Waals surface area contributed by atoms with Crippen LogP contribution in [0, 0.1) is 6.61 Å². The summed E-state index contributed by atoms with van der Waals surface area (Å²) >= 11 is 0. The SMILES string of the molecule is CCCc1cccc([CH]O)c1. The zero-order valence-electron chi connectivity index (χ0n) is 6.75. The number of aryl methyl sites for hydroxylation is 1. The van der Waals surface area contributed by atoms with Crippen molar-refractivity contribution in [3.63, 3.8) is 0 Å². The van der Waals surface area contributed by atoms with Crippen molar-refractivity contribution in [3.05, 3.63) is 42.0 Å². The monoisotopic (exact) mass is 149 g/mol. The molecule has 0 saturated heterocycles. The number of hydrogen-bond acceptors (Lipinski definition) is 1. The van der Waals surface area contributed by atoms with Crippen LogP contribution in [0.1, 0.15) is 24.5 Å². The summed E-state index contributed by atoms with van der Waals surface area (Å²) in [4.78, 5) is 0. The Bertz CT molecular complexity index is 218. The lowest BCUT2D eigenvalue weighted by molar-refractivity contribution is 0.415. The Balaban J connectivity index is 2.74. The molecular weight excluding hydrogens is 136 g/mol. The van der Waals surface area contributed by atoms with E-state index >= 15 is 0 Å². The maximum atomic E-state index is 8.71. The Morgan fingerprint density at radius 2 is 2.27 bits per heavy atom. The molecule has 1 N–H and O–H groups in total. The van der Waals surface area contributed by atoms with Crippen molar-refractivity contribution >= 4 is 0 Å². The molecule has 1 heteroatoms. The molecule has 1 nitrogen and oxygen atoms in total. The quantitative estimate of drug-likeness (QED) is 0.700. The molecule has 1 aromatic rings. The van der Waals surface area contributed by atoms with E-state index in [2.05, 4.69) is 13.0 Å². The van der Waals surface area contributed by atoms with E-state index < -0.39 is 0 Å². The maximum Gasteiger partial charge on any atom is 0.109 e. The average molecular weight is 149 g/mol. The van der Waals surface area contributed by atoms with Crippen LogP contribution >= 0.6 is 0 Å². The Labute approximate surface area is 67.7 Å². The van der Waals surface area contributed by atoms with Crippen LogP contribution in [0.4, 0.5) is 0 Å². The van der Waals surface area contributed by atoms with Crippen molar-refractivity contribution in [3.8, 4) is 0 Å². The van der Waals surface area contributed by atoms with Crippen LogP contribution < -0.4 is 0 Å². The van der Waals surface area contributed by atoms with Gasteiger partial charge in [-0.3, -0.25) is 0 Å². The largest absolute Gasteiger partial charge is 0.385 e. The minimum absolute atomic E-state index is 0.885. The lowest BCUT2D eigenvalue weighted by Crippen LogP contribution is -1.85. The molecule has 1 rings (SSSR count). The van der Waals surface area contributed by atoms with Gasteiger partial charge in [-0.1, -0.05) is 37.6 Å². The lowest BCUT2D eigenvalue weighted by Gasteiger charge is -1.99.